The van der Waals surface area contributed by atoms with Crippen molar-refractivity contribution in [3.8, 4) is 0 Å². The Morgan fingerprint density at radius 3 is 2.58 bits per heavy atom. The molecule has 19 heavy (non-hydrogen) atoms. The number of rotatable bonds is 5. The molecule has 0 heterocycles. The molecule has 1 aromatic rings. The third kappa shape index (κ3) is 5.41. The molecule has 0 bridgehead atoms. The summed E-state index contributed by atoms with van der Waals surface area (Å²) in [5.41, 5.74) is 2.29. The number of hydrogen-bond acceptors (Lipinski definition) is 3. The number of anilines is 1. The van der Waals surface area contributed by atoms with E-state index in [2.05, 4.69) is 5.32 Å². The number of carbonyl (C=O) groups excluding carboxylic acids is 1. The highest BCUT2D eigenvalue weighted by molar-refractivity contribution is 5.93. The average molecular weight is 264 g/mol. The van der Waals surface area contributed by atoms with Gasteiger partial charge in [0.25, 0.3) is 0 Å². The maximum Gasteiger partial charge on any atom is 0.238 e. The van der Waals surface area contributed by atoms with Crippen LogP contribution in [0.25, 0.3) is 0 Å². The van der Waals surface area contributed by atoms with Crippen molar-refractivity contribution in [1.82, 2.24) is 4.90 Å². The lowest BCUT2D eigenvalue weighted by molar-refractivity contribution is -0.117. The van der Waals surface area contributed by atoms with E-state index in [1.54, 1.807) is 18.7 Å². The highest BCUT2D eigenvalue weighted by atomic mass is 16.3. The Morgan fingerprint density at radius 2 is 2.00 bits per heavy atom. The first kappa shape index (κ1) is 15.7. The third-order valence-electron chi connectivity index (χ3n) is 2.95. The minimum absolute atomic E-state index is 0.0690. The molecule has 0 fully saturated rings. The van der Waals surface area contributed by atoms with E-state index in [1.165, 1.54) is 0 Å². The minimum Gasteiger partial charge on any atom is -0.389 e. The largest absolute Gasteiger partial charge is 0.389 e. The molecular formula is C15H24N2O2. The maximum atomic E-state index is 11.9. The van der Waals surface area contributed by atoms with Crippen LogP contribution in [0.5, 0.6) is 0 Å². The Labute approximate surface area is 115 Å². The van der Waals surface area contributed by atoms with E-state index >= 15 is 0 Å². The monoisotopic (exact) mass is 264 g/mol. The fraction of sp³-hybridized carbons (Fsp3) is 0.533. The number of benzene rings is 1. The molecule has 2 N–H and O–H groups in total. The first-order chi connectivity index (χ1) is 8.69. The zero-order valence-corrected chi connectivity index (χ0v) is 12.4. The first-order valence-electron chi connectivity index (χ1n) is 6.46. The Morgan fingerprint density at radius 1 is 1.37 bits per heavy atom. The van der Waals surface area contributed by atoms with Crippen molar-refractivity contribution in [2.45, 2.75) is 33.3 Å². The average Bonchev–Trinajstić information content (AvgIpc) is 2.21. The number of amides is 1. The van der Waals surface area contributed by atoms with Crippen LogP contribution in [-0.4, -0.2) is 41.7 Å². The summed E-state index contributed by atoms with van der Waals surface area (Å²) in [4.78, 5) is 13.7. The lowest BCUT2D eigenvalue weighted by atomic mass is 10.1. The molecule has 0 saturated heterocycles. The van der Waals surface area contributed by atoms with Crippen LogP contribution in [0.2, 0.25) is 0 Å². The van der Waals surface area contributed by atoms with Gasteiger partial charge in [0, 0.05) is 12.2 Å². The van der Waals surface area contributed by atoms with E-state index in [9.17, 15) is 9.90 Å². The zero-order chi connectivity index (χ0) is 14.6. The van der Waals surface area contributed by atoms with Gasteiger partial charge < -0.3 is 10.4 Å². The lowest BCUT2D eigenvalue weighted by Crippen LogP contribution is -2.40. The molecular weight excluding hydrogens is 240 g/mol. The van der Waals surface area contributed by atoms with Gasteiger partial charge in [-0.15, -0.1) is 0 Å². The van der Waals surface area contributed by atoms with E-state index in [0.717, 1.165) is 16.8 Å². The van der Waals surface area contributed by atoms with Crippen LogP contribution >= 0.6 is 0 Å². The summed E-state index contributed by atoms with van der Waals surface area (Å²) in [5.74, 6) is -0.0690. The zero-order valence-electron chi connectivity index (χ0n) is 12.4. The van der Waals surface area contributed by atoms with Gasteiger partial charge in [-0.1, -0.05) is 12.1 Å². The molecule has 0 aliphatic rings. The van der Waals surface area contributed by atoms with E-state index in [0.29, 0.717) is 6.54 Å². The molecule has 0 aliphatic carbocycles. The second-order valence-electron chi connectivity index (χ2n) is 5.78. The van der Waals surface area contributed by atoms with Crippen LogP contribution in [0.1, 0.15) is 25.0 Å². The van der Waals surface area contributed by atoms with Gasteiger partial charge in [-0.05, 0) is 51.9 Å². The molecule has 0 unspecified atom stereocenters. The molecule has 0 spiro atoms. The lowest BCUT2D eigenvalue weighted by Gasteiger charge is -2.25. The SMILES string of the molecule is Cc1cccc(NC(=O)CN(C)CC(C)(C)O)c1C. The molecule has 1 amide bonds. The van der Waals surface area contributed by atoms with Gasteiger partial charge in [-0.2, -0.15) is 0 Å². The normalized spacial score (nSPS) is 11.7. The van der Waals surface area contributed by atoms with Crippen molar-refractivity contribution < 1.29 is 9.90 Å². The summed E-state index contributed by atoms with van der Waals surface area (Å²) < 4.78 is 0. The number of aliphatic hydroxyl groups is 1. The predicted molar refractivity (Wildman–Crippen MR) is 78.3 cm³/mol. The molecule has 1 aromatic carbocycles. The summed E-state index contributed by atoms with van der Waals surface area (Å²) in [6, 6.07) is 5.85. The van der Waals surface area contributed by atoms with Crippen LogP contribution in [0.3, 0.4) is 0 Å². The molecule has 0 aliphatic heterocycles. The van der Waals surface area contributed by atoms with Crippen molar-refractivity contribution in [3.05, 3.63) is 29.3 Å². The number of nitrogens with zero attached hydrogens (tertiary/aromatic N) is 1. The van der Waals surface area contributed by atoms with Crippen molar-refractivity contribution in [3.63, 3.8) is 0 Å². The molecule has 0 radical (unpaired) electrons. The summed E-state index contributed by atoms with van der Waals surface area (Å²) in [7, 11) is 1.82. The van der Waals surface area contributed by atoms with Crippen molar-refractivity contribution in [2.75, 3.05) is 25.5 Å². The summed E-state index contributed by atoms with van der Waals surface area (Å²) in [5, 5.41) is 12.6. The first-order valence-corrected chi connectivity index (χ1v) is 6.46. The number of carbonyl (C=O) groups is 1. The Kier molecular flexibility index (Phi) is 5.09. The molecule has 106 valence electrons. The molecule has 0 aromatic heterocycles. The Bertz CT molecular complexity index is 450. The van der Waals surface area contributed by atoms with Crippen molar-refractivity contribution in [2.24, 2.45) is 0 Å². The highest BCUT2D eigenvalue weighted by Crippen LogP contribution is 2.17. The molecule has 4 heteroatoms. The quantitative estimate of drug-likeness (QED) is 0.854. The van der Waals surface area contributed by atoms with Gasteiger partial charge in [0.2, 0.25) is 5.91 Å². The number of hydrogen-bond donors (Lipinski definition) is 2. The summed E-state index contributed by atoms with van der Waals surface area (Å²) in [6.07, 6.45) is 0. The fourth-order valence-corrected chi connectivity index (χ4v) is 2.04. The van der Waals surface area contributed by atoms with Crippen LogP contribution in [0.4, 0.5) is 5.69 Å². The van der Waals surface area contributed by atoms with Gasteiger partial charge in [0.05, 0.1) is 12.1 Å². The maximum absolute atomic E-state index is 11.9. The van der Waals surface area contributed by atoms with Crippen LogP contribution in [0, 0.1) is 13.8 Å². The molecule has 4 nitrogen and oxygen atoms in total. The Hall–Kier alpha value is -1.39. The Balaban J connectivity index is 2.58. The van der Waals surface area contributed by atoms with E-state index in [4.69, 9.17) is 0 Å². The van der Waals surface area contributed by atoms with Crippen LogP contribution in [-0.2, 0) is 4.79 Å². The molecule has 0 atom stereocenters. The number of likely N-dealkylation sites (N-methyl/N-ethyl adjacent to an activating group) is 1. The fourth-order valence-electron chi connectivity index (χ4n) is 2.04. The molecule has 0 saturated carbocycles. The standard InChI is InChI=1S/C15H24N2O2/c1-11-7-6-8-13(12(11)2)16-14(18)9-17(5)10-15(3,4)19/h6-8,19H,9-10H2,1-5H3,(H,16,18). The van der Waals surface area contributed by atoms with Crippen molar-refractivity contribution in [1.29, 1.82) is 0 Å². The second kappa shape index (κ2) is 6.17. The van der Waals surface area contributed by atoms with Crippen LogP contribution in [0.15, 0.2) is 18.2 Å². The minimum atomic E-state index is -0.797. The van der Waals surface area contributed by atoms with Gasteiger partial charge in [-0.3, -0.25) is 9.69 Å². The van der Waals surface area contributed by atoms with E-state index in [1.807, 2.05) is 39.1 Å². The van der Waals surface area contributed by atoms with E-state index < -0.39 is 5.60 Å². The topological polar surface area (TPSA) is 52.6 Å². The summed E-state index contributed by atoms with van der Waals surface area (Å²) >= 11 is 0. The smallest absolute Gasteiger partial charge is 0.238 e. The third-order valence-corrected chi connectivity index (χ3v) is 2.95. The highest BCUT2D eigenvalue weighted by Gasteiger charge is 2.17. The van der Waals surface area contributed by atoms with Gasteiger partial charge in [0.15, 0.2) is 0 Å². The number of nitrogens with one attached hydrogen (secondary N) is 1. The molecule has 1 rings (SSSR count). The van der Waals surface area contributed by atoms with Crippen molar-refractivity contribution >= 4 is 11.6 Å². The van der Waals surface area contributed by atoms with Gasteiger partial charge in [-0.25, -0.2) is 0 Å². The van der Waals surface area contributed by atoms with Gasteiger partial charge in [0.1, 0.15) is 0 Å². The summed E-state index contributed by atoms with van der Waals surface area (Å²) in [6.45, 7) is 8.18. The predicted octanol–water partition coefficient (Wildman–Crippen LogP) is 1.94. The van der Waals surface area contributed by atoms with Gasteiger partial charge >= 0.3 is 0 Å². The van der Waals surface area contributed by atoms with E-state index in [-0.39, 0.29) is 12.5 Å². The number of aryl methyl sites for hydroxylation is 1. The van der Waals surface area contributed by atoms with Crippen LogP contribution < -0.4 is 5.32 Å². The second-order valence-corrected chi connectivity index (χ2v) is 5.78.